The predicted octanol–water partition coefficient (Wildman–Crippen LogP) is 3.69. The van der Waals surface area contributed by atoms with Crippen molar-refractivity contribution in [2.45, 2.75) is 64.7 Å². The van der Waals surface area contributed by atoms with Gasteiger partial charge in [0, 0.05) is 25.4 Å². The van der Waals surface area contributed by atoms with Gasteiger partial charge < -0.3 is 14.4 Å². The molecule has 1 aliphatic heterocycles. The second-order valence-corrected chi connectivity index (χ2v) is 7.07. The van der Waals surface area contributed by atoms with Crippen LogP contribution >= 0.6 is 11.6 Å². The van der Waals surface area contributed by atoms with E-state index in [1.165, 1.54) is 6.20 Å². The number of ether oxygens (including phenoxy) is 2. The molecule has 1 fully saturated rings. The number of nitrogens with zero attached hydrogens (tertiary/aromatic N) is 3. The minimum atomic E-state index is -0.487. The van der Waals surface area contributed by atoms with Crippen molar-refractivity contribution in [1.82, 2.24) is 14.9 Å². The molecule has 1 aromatic rings. The lowest BCUT2D eigenvalue weighted by molar-refractivity contribution is -0.00520. The van der Waals surface area contributed by atoms with Gasteiger partial charge in [-0.1, -0.05) is 18.5 Å². The fourth-order valence-electron chi connectivity index (χ4n) is 2.62. The van der Waals surface area contributed by atoms with E-state index in [9.17, 15) is 4.79 Å². The lowest BCUT2D eigenvalue weighted by Gasteiger charge is -2.39. The Morgan fingerprint density at radius 1 is 1.43 bits per heavy atom. The van der Waals surface area contributed by atoms with Crippen molar-refractivity contribution < 1.29 is 14.3 Å². The first-order valence-electron chi connectivity index (χ1n) is 7.92. The maximum absolute atomic E-state index is 12.3. The van der Waals surface area contributed by atoms with E-state index < -0.39 is 5.60 Å². The Bertz CT molecular complexity index is 548. The summed E-state index contributed by atoms with van der Waals surface area (Å²) in [5.74, 6) is 0.420. The summed E-state index contributed by atoms with van der Waals surface area (Å²) in [6.45, 7) is 8.29. The SMILES string of the molecule is CC[C@H]1C[C@@H](Oc2cncc(Cl)n2)CCN1C(=O)OC(C)(C)C. The summed E-state index contributed by atoms with van der Waals surface area (Å²) >= 11 is 5.82. The van der Waals surface area contributed by atoms with Gasteiger partial charge in [0.05, 0.1) is 12.4 Å². The number of likely N-dealkylation sites (tertiary alicyclic amines) is 1. The zero-order valence-corrected chi connectivity index (χ0v) is 14.8. The molecule has 1 amide bonds. The molecule has 0 bridgehead atoms. The van der Waals surface area contributed by atoms with Gasteiger partial charge in [0.1, 0.15) is 11.7 Å². The summed E-state index contributed by atoms with van der Waals surface area (Å²) in [5.41, 5.74) is -0.487. The maximum Gasteiger partial charge on any atom is 0.410 e. The number of carbonyl (C=O) groups excluding carboxylic acids is 1. The molecular formula is C16H24ClN3O3. The summed E-state index contributed by atoms with van der Waals surface area (Å²) in [4.78, 5) is 22.2. The first-order chi connectivity index (χ1) is 10.8. The summed E-state index contributed by atoms with van der Waals surface area (Å²) in [7, 11) is 0. The third kappa shape index (κ3) is 5.23. The molecule has 0 unspecified atom stereocenters. The maximum atomic E-state index is 12.3. The van der Waals surface area contributed by atoms with Crippen LogP contribution in [0.25, 0.3) is 0 Å². The van der Waals surface area contributed by atoms with Crippen molar-refractivity contribution in [3.63, 3.8) is 0 Å². The van der Waals surface area contributed by atoms with Gasteiger partial charge in [-0.2, -0.15) is 4.98 Å². The van der Waals surface area contributed by atoms with Gasteiger partial charge in [0.2, 0.25) is 5.88 Å². The molecule has 0 aliphatic carbocycles. The lowest BCUT2D eigenvalue weighted by Crippen LogP contribution is -2.50. The summed E-state index contributed by atoms with van der Waals surface area (Å²) in [5, 5.41) is 0.306. The topological polar surface area (TPSA) is 64.6 Å². The van der Waals surface area contributed by atoms with Crippen LogP contribution in [0.5, 0.6) is 5.88 Å². The zero-order valence-electron chi connectivity index (χ0n) is 14.1. The molecule has 1 aliphatic rings. The highest BCUT2D eigenvalue weighted by molar-refractivity contribution is 6.29. The monoisotopic (exact) mass is 341 g/mol. The zero-order chi connectivity index (χ0) is 17.0. The standard InChI is InChI=1S/C16H24ClN3O3/c1-5-11-8-12(22-14-10-18-9-13(17)19-14)6-7-20(11)15(21)23-16(2,3)4/h9-12H,5-8H2,1-4H3/t11-,12-/m0/s1. The van der Waals surface area contributed by atoms with Crippen LogP contribution in [0.2, 0.25) is 5.15 Å². The molecule has 1 aromatic heterocycles. The summed E-state index contributed by atoms with van der Waals surface area (Å²) < 4.78 is 11.3. The molecule has 7 heteroatoms. The molecule has 2 rings (SSSR count). The minimum Gasteiger partial charge on any atom is -0.473 e. The van der Waals surface area contributed by atoms with E-state index in [4.69, 9.17) is 21.1 Å². The van der Waals surface area contributed by atoms with Gasteiger partial charge in [-0.15, -0.1) is 0 Å². The highest BCUT2D eigenvalue weighted by atomic mass is 35.5. The lowest BCUT2D eigenvalue weighted by atomic mass is 9.98. The van der Waals surface area contributed by atoms with Crippen LogP contribution in [-0.4, -0.2) is 45.3 Å². The van der Waals surface area contributed by atoms with E-state index in [0.717, 1.165) is 19.3 Å². The van der Waals surface area contributed by atoms with Crippen LogP contribution < -0.4 is 4.74 Å². The molecular weight excluding hydrogens is 318 g/mol. The Balaban J connectivity index is 1.97. The van der Waals surface area contributed by atoms with Gasteiger partial charge in [-0.05, 0) is 27.2 Å². The summed E-state index contributed by atoms with van der Waals surface area (Å²) in [6, 6.07) is 0.0933. The van der Waals surface area contributed by atoms with Crippen molar-refractivity contribution in [1.29, 1.82) is 0 Å². The van der Waals surface area contributed by atoms with Crippen LogP contribution in [-0.2, 0) is 4.74 Å². The van der Waals surface area contributed by atoms with E-state index in [1.807, 2.05) is 20.8 Å². The molecule has 0 radical (unpaired) electrons. The van der Waals surface area contributed by atoms with Gasteiger partial charge in [-0.3, -0.25) is 4.98 Å². The van der Waals surface area contributed by atoms with Crippen molar-refractivity contribution in [2.24, 2.45) is 0 Å². The smallest absolute Gasteiger partial charge is 0.410 e. The van der Waals surface area contributed by atoms with Crippen LogP contribution in [0.4, 0.5) is 4.79 Å². The summed E-state index contributed by atoms with van der Waals surface area (Å²) in [6.07, 6.45) is 5.06. The van der Waals surface area contributed by atoms with Gasteiger partial charge in [0.15, 0.2) is 5.15 Å². The molecule has 1 saturated heterocycles. The molecule has 128 valence electrons. The molecule has 0 N–H and O–H groups in total. The van der Waals surface area contributed by atoms with E-state index in [-0.39, 0.29) is 18.2 Å². The molecule has 2 heterocycles. The van der Waals surface area contributed by atoms with E-state index in [1.54, 1.807) is 11.1 Å². The van der Waals surface area contributed by atoms with Gasteiger partial charge in [-0.25, -0.2) is 4.79 Å². The second kappa shape index (κ2) is 7.34. The van der Waals surface area contributed by atoms with Crippen LogP contribution in [0.3, 0.4) is 0 Å². The average Bonchev–Trinajstić information content (AvgIpc) is 2.45. The number of aromatic nitrogens is 2. The normalized spacial score (nSPS) is 21.9. The van der Waals surface area contributed by atoms with Crippen molar-refractivity contribution in [3.05, 3.63) is 17.5 Å². The van der Waals surface area contributed by atoms with Crippen molar-refractivity contribution >= 4 is 17.7 Å². The molecule has 0 aromatic carbocycles. The largest absolute Gasteiger partial charge is 0.473 e. The fraction of sp³-hybridized carbons (Fsp3) is 0.688. The Morgan fingerprint density at radius 3 is 2.78 bits per heavy atom. The second-order valence-electron chi connectivity index (χ2n) is 6.68. The fourth-order valence-corrected chi connectivity index (χ4v) is 2.76. The first kappa shape index (κ1) is 17.8. The van der Waals surface area contributed by atoms with E-state index in [0.29, 0.717) is 17.6 Å². The number of amides is 1. The van der Waals surface area contributed by atoms with Crippen LogP contribution in [0.1, 0.15) is 47.0 Å². The Hall–Kier alpha value is -1.56. The molecule has 0 saturated carbocycles. The van der Waals surface area contributed by atoms with Gasteiger partial charge in [0.25, 0.3) is 0 Å². The molecule has 6 nitrogen and oxygen atoms in total. The molecule has 23 heavy (non-hydrogen) atoms. The van der Waals surface area contributed by atoms with E-state index >= 15 is 0 Å². The quantitative estimate of drug-likeness (QED) is 0.839. The number of hydrogen-bond donors (Lipinski definition) is 0. The molecule has 2 atom stereocenters. The number of piperidine rings is 1. The van der Waals surface area contributed by atoms with Crippen LogP contribution in [0, 0.1) is 0 Å². The van der Waals surface area contributed by atoms with Gasteiger partial charge >= 0.3 is 6.09 Å². The Labute approximate surface area is 142 Å². The number of halogens is 1. The first-order valence-corrected chi connectivity index (χ1v) is 8.30. The molecule has 0 spiro atoms. The third-order valence-corrected chi connectivity index (χ3v) is 3.82. The number of rotatable bonds is 3. The number of carbonyl (C=O) groups is 1. The van der Waals surface area contributed by atoms with Crippen molar-refractivity contribution in [3.8, 4) is 5.88 Å². The highest BCUT2D eigenvalue weighted by Gasteiger charge is 2.34. The highest BCUT2D eigenvalue weighted by Crippen LogP contribution is 2.25. The van der Waals surface area contributed by atoms with E-state index in [2.05, 4.69) is 16.9 Å². The Kier molecular flexibility index (Phi) is 5.68. The van der Waals surface area contributed by atoms with Crippen LogP contribution in [0.15, 0.2) is 12.4 Å². The third-order valence-electron chi connectivity index (χ3n) is 3.64. The average molecular weight is 342 g/mol. The minimum absolute atomic E-state index is 0.00796. The predicted molar refractivity (Wildman–Crippen MR) is 87.7 cm³/mol. The Morgan fingerprint density at radius 2 is 2.17 bits per heavy atom. The van der Waals surface area contributed by atoms with Crippen molar-refractivity contribution in [2.75, 3.05) is 6.54 Å². The number of hydrogen-bond acceptors (Lipinski definition) is 5.